The monoisotopic (exact) mass is 555 g/mol. The first-order chi connectivity index (χ1) is 17.9. The molecule has 0 aromatic carbocycles. The molecule has 2 aliphatic rings. The van der Waals surface area contributed by atoms with Crippen molar-refractivity contribution in [3.05, 3.63) is 0 Å². The van der Waals surface area contributed by atoms with Gasteiger partial charge in [-0.15, -0.1) is 0 Å². The third kappa shape index (κ3) is 9.59. The van der Waals surface area contributed by atoms with Crippen LogP contribution in [0.4, 0.5) is 9.59 Å². The van der Waals surface area contributed by atoms with Gasteiger partial charge in [-0.2, -0.15) is 0 Å². The number of nitrogens with zero attached hydrogens (tertiary/aromatic N) is 2. The summed E-state index contributed by atoms with van der Waals surface area (Å²) in [5.41, 5.74) is 3.53. The maximum Gasteiger partial charge on any atom is 0.408 e. The highest BCUT2D eigenvalue weighted by Crippen LogP contribution is 2.30. The van der Waals surface area contributed by atoms with Gasteiger partial charge in [-0.05, 0) is 67.2 Å². The second-order valence-corrected chi connectivity index (χ2v) is 11.8. The predicted octanol–water partition coefficient (Wildman–Crippen LogP) is 0.715. The normalized spacial score (nSPS) is 22.6. The zero-order valence-corrected chi connectivity index (χ0v) is 23.4. The molecule has 0 aromatic heterocycles. The van der Waals surface area contributed by atoms with Gasteiger partial charge in [-0.1, -0.05) is 0 Å². The summed E-state index contributed by atoms with van der Waals surface area (Å²) in [5.74, 6) is -2.66. The lowest BCUT2D eigenvalue weighted by molar-refractivity contribution is -0.159. The van der Waals surface area contributed by atoms with Gasteiger partial charge in [0.15, 0.2) is 0 Å². The fraction of sp³-hybridized carbons (Fsp3) is 0.760. The molecule has 1 unspecified atom stereocenters. The standard InChI is InChI=1S/C25H41N5O9/c1-24(2,3)38-21(34)15(8-10-18(26)31)27-19(32)17-9-7-14-11-12-29(23(36)37)13-16(20(33)30(14)17)28-22(35)39-25(4,5)6/h14-17H,7-13H2,1-6H3,(H2,26,31)(H,27,32)(H,28,35)(H,36,37)/t14-,15?,16+,17+/m1/s1. The van der Waals surface area contributed by atoms with Gasteiger partial charge in [-0.25, -0.2) is 14.4 Å². The number of carbonyl (C=O) groups excluding carboxylic acids is 5. The fourth-order valence-electron chi connectivity index (χ4n) is 4.54. The molecule has 0 bridgehead atoms. The molecule has 2 heterocycles. The number of hydrogen-bond acceptors (Lipinski definition) is 8. The van der Waals surface area contributed by atoms with E-state index in [-0.39, 0.29) is 38.8 Å². The molecule has 0 spiro atoms. The Kier molecular flexibility index (Phi) is 10.2. The number of amides is 5. The summed E-state index contributed by atoms with van der Waals surface area (Å²) in [6.45, 7) is 9.68. The van der Waals surface area contributed by atoms with Gasteiger partial charge in [0.25, 0.3) is 0 Å². The molecule has 0 aromatic rings. The van der Waals surface area contributed by atoms with Crippen LogP contribution in [0.25, 0.3) is 0 Å². The summed E-state index contributed by atoms with van der Waals surface area (Å²) in [5, 5.41) is 14.7. The minimum absolute atomic E-state index is 0.0868. The summed E-state index contributed by atoms with van der Waals surface area (Å²) >= 11 is 0. The van der Waals surface area contributed by atoms with Gasteiger partial charge in [0.05, 0.1) is 6.54 Å². The highest BCUT2D eigenvalue weighted by molar-refractivity contribution is 5.94. The average Bonchev–Trinajstić information content (AvgIpc) is 3.17. The van der Waals surface area contributed by atoms with Crippen LogP contribution in [0.5, 0.6) is 0 Å². The van der Waals surface area contributed by atoms with Crippen molar-refractivity contribution in [1.82, 2.24) is 20.4 Å². The van der Waals surface area contributed by atoms with E-state index in [0.717, 1.165) is 4.90 Å². The zero-order valence-electron chi connectivity index (χ0n) is 23.4. The lowest BCUT2D eigenvalue weighted by Crippen LogP contribution is -2.62. The average molecular weight is 556 g/mol. The lowest BCUT2D eigenvalue weighted by atomic mass is 10.1. The molecule has 0 aliphatic carbocycles. The van der Waals surface area contributed by atoms with E-state index in [9.17, 15) is 33.9 Å². The van der Waals surface area contributed by atoms with Gasteiger partial charge in [-0.3, -0.25) is 14.4 Å². The minimum atomic E-state index is -1.30. The Bertz CT molecular complexity index is 972. The van der Waals surface area contributed by atoms with E-state index >= 15 is 0 Å². The molecule has 2 aliphatic heterocycles. The molecular weight excluding hydrogens is 514 g/mol. The molecule has 0 saturated carbocycles. The summed E-state index contributed by atoms with van der Waals surface area (Å²) in [6, 6.07) is -3.93. The highest BCUT2D eigenvalue weighted by atomic mass is 16.6. The lowest BCUT2D eigenvalue weighted by Gasteiger charge is -2.38. The molecule has 4 atom stereocenters. The maximum absolute atomic E-state index is 13.7. The molecule has 2 saturated heterocycles. The molecule has 14 nitrogen and oxygen atoms in total. The molecule has 14 heteroatoms. The summed E-state index contributed by atoms with van der Waals surface area (Å²) in [6.07, 6.45) is -1.45. The Morgan fingerprint density at radius 1 is 1.03 bits per heavy atom. The van der Waals surface area contributed by atoms with Crippen molar-refractivity contribution < 1.29 is 43.3 Å². The number of nitrogens with two attached hydrogens (primary N) is 1. The number of carbonyl (C=O) groups is 6. The van der Waals surface area contributed by atoms with Crippen molar-refractivity contribution in [2.75, 3.05) is 13.1 Å². The van der Waals surface area contributed by atoms with Crippen molar-refractivity contribution in [2.45, 2.75) is 109 Å². The van der Waals surface area contributed by atoms with E-state index in [2.05, 4.69) is 10.6 Å². The number of esters is 1. The van der Waals surface area contributed by atoms with Gasteiger partial charge >= 0.3 is 18.2 Å². The van der Waals surface area contributed by atoms with Gasteiger partial charge in [0.2, 0.25) is 17.7 Å². The Morgan fingerprint density at radius 3 is 2.18 bits per heavy atom. The number of hydrogen-bond donors (Lipinski definition) is 4. The SMILES string of the molecule is CC(C)(C)OC(=O)N[C@H]1CN(C(=O)O)CC[C@H]2CC[C@@H](C(=O)NC(CCC(N)=O)C(=O)OC(C)(C)C)N2C1=O. The third-order valence-corrected chi connectivity index (χ3v) is 6.14. The van der Waals surface area contributed by atoms with Gasteiger partial charge in [0, 0.05) is 19.0 Å². The molecule has 2 fully saturated rings. The first-order valence-electron chi connectivity index (χ1n) is 13.0. The van der Waals surface area contributed by atoms with Gasteiger partial charge < -0.3 is 40.7 Å². The Balaban J connectivity index is 2.29. The number of carboxylic acid groups (broad SMARTS) is 1. The van der Waals surface area contributed by atoms with Crippen LogP contribution < -0.4 is 16.4 Å². The number of primary amides is 1. The number of fused-ring (bicyclic) bond motifs is 1. The largest absolute Gasteiger partial charge is 0.465 e. The highest BCUT2D eigenvalue weighted by Gasteiger charge is 2.46. The van der Waals surface area contributed by atoms with Crippen LogP contribution in [0.3, 0.4) is 0 Å². The smallest absolute Gasteiger partial charge is 0.408 e. The van der Waals surface area contributed by atoms with Crippen molar-refractivity contribution >= 4 is 35.9 Å². The van der Waals surface area contributed by atoms with Crippen LogP contribution in [0.2, 0.25) is 0 Å². The first kappa shape index (κ1) is 31.6. The van der Waals surface area contributed by atoms with Crippen LogP contribution in [-0.4, -0.2) is 99.2 Å². The molecule has 5 amide bonds. The first-order valence-corrected chi connectivity index (χ1v) is 13.0. The van der Waals surface area contributed by atoms with Crippen LogP contribution in [0.15, 0.2) is 0 Å². The number of alkyl carbamates (subject to hydrolysis) is 1. The third-order valence-electron chi connectivity index (χ3n) is 6.14. The second kappa shape index (κ2) is 12.5. The van der Waals surface area contributed by atoms with E-state index in [1.807, 2.05) is 0 Å². The summed E-state index contributed by atoms with van der Waals surface area (Å²) in [7, 11) is 0. The minimum Gasteiger partial charge on any atom is -0.465 e. The Hall–Kier alpha value is -3.58. The van der Waals surface area contributed by atoms with Crippen LogP contribution in [0, 0.1) is 0 Å². The van der Waals surface area contributed by atoms with E-state index in [0.29, 0.717) is 6.42 Å². The molecular formula is C25H41N5O9. The second-order valence-electron chi connectivity index (χ2n) is 11.8. The van der Waals surface area contributed by atoms with Crippen molar-refractivity contribution in [1.29, 1.82) is 0 Å². The van der Waals surface area contributed by atoms with Crippen molar-refractivity contribution in [3.63, 3.8) is 0 Å². The topological polar surface area (TPSA) is 198 Å². The van der Waals surface area contributed by atoms with Crippen molar-refractivity contribution in [2.24, 2.45) is 5.73 Å². The van der Waals surface area contributed by atoms with E-state index < -0.39 is 71.2 Å². The fourth-order valence-corrected chi connectivity index (χ4v) is 4.54. The van der Waals surface area contributed by atoms with E-state index in [1.54, 1.807) is 41.5 Å². The molecule has 220 valence electrons. The number of nitrogens with one attached hydrogen (secondary N) is 2. The zero-order chi connectivity index (χ0) is 29.7. The Labute approximate surface area is 227 Å². The van der Waals surface area contributed by atoms with Crippen LogP contribution in [-0.2, 0) is 28.7 Å². The van der Waals surface area contributed by atoms with Crippen molar-refractivity contribution in [3.8, 4) is 0 Å². The summed E-state index contributed by atoms with van der Waals surface area (Å²) < 4.78 is 10.6. The number of rotatable bonds is 7. The van der Waals surface area contributed by atoms with Crippen LogP contribution in [0.1, 0.15) is 73.6 Å². The molecule has 2 rings (SSSR count). The van der Waals surface area contributed by atoms with E-state index in [4.69, 9.17) is 15.2 Å². The van der Waals surface area contributed by atoms with E-state index in [1.165, 1.54) is 4.90 Å². The van der Waals surface area contributed by atoms with Crippen LogP contribution >= 0.6 is 0 Å². The van der Waals surface area contributed by atoms with Gasteiger partial charge in [0.1, 0.15) is 29.3 Å². The summed E-state index contributed by atoms with van der Waals surface area (Å²) in [4.78, 5) is 77.9. The Morgan fingerprint density at radius 2 is 1.64 bits per heavy atom. The quantitative estimate of drug-likeness (QED) is 0.327. The maximum atomic E-state index is 13.7. The molecule has 5 N–H and O–H groups in total. The molecule has 0 radical (unpaired) electrons. The predicted molar refractivity (Wildman–Crippen MR) is 137 cm³/mol. The number of ether oxygens (including phenoxy) is 2. The molecule has 39 heavy (non-hydrogen) atoms.